The molecule has 1 aromatic carbocycles. The van der Waals surface area contributed by atoms with E-state index < -0.39 is 12.1 Å². The number of halogens is 3. The quantitative estimate of drug-likeness (QED) is 0.799. The van der Waals surface area contributed by atoms with Gasteiger partial charge in [0, 0.05) is 26.6 Å². The number of carboxylic acid groups (broad SMARTS) is 1. The lowest BCUT2D eigenvalue weighted by Crippen LogP contribution is -2.47. The number of hydrogen-bond donors (Lipinski definition) is 1. The lowest BCUT2D eigenvalue weighted by atomic mass is 9.71. The molecule has 0 atom stereocenters. The summed E-state index contributed by atoms with van der Waals surface area (Å²) in [7, 11) is 0. The Bertz CT molecular complexity index is 686. The number of piperidine rings is 2. The van der Waals surface area contributed by atoms with Crippen LogP contribution < -0.4 is 0 Å². The molecule has 1 spiro atoms. The van der Waals surface area contributed by atoms with Crippen LogP contribution in [0.4, 0.5) is 13.2 Å². The first kappa shape index (κ1) is 23.2. The van der Waals surface area contributed by atoms with Gasteiger partial charge in [-0.25, -0.2) is 4.79 Å². The van der Waals surface area contributed by atoms with Crippen molar-refractivity contribution >= 4 is 11.9 Å². The molecule has 0 radical (unpaired) electrons. The minimum Gasteiger partial charge on any atom is -0.475 e. The average Bonchev–Trinajstić information content (AvgIpc) is 2.66. The Labute approximate surface area is 169 Å². The topological polar surface area (TPSA) is 60.9 Å². The van der Waals surface area contributed by atoms with E-state index in [0.29, 0.717) is 5.41 Å². The number of carbonyl (C=O) groups excluding carboxylic acids is 1. The van der Waals surface area contributed by atoms with Gasteiger partial charge in [-0.05, 0) is 56.7 Å². The van der Waals surface area contributed by atoms with Gasteiger partial charge < -0.3 is 10.0 Å². The van der Waals surface area contributed by atoms with Crippen LogP contribution in [0.2, 0.25) is 0 Å². The molecule has 8 heteroatoms. The van der Waals surface area contributed by atoms with Gasteiger partial charge in [0.1, 0.15) is 0 Å². The highest BCUT2D eigenvalue weighted by Crippen LogP contribution is 2.41. The maximum absolute atomic E-state index is 11.5. The number of nitrogens with zero attached hydrogens (tertiary/aromatic N) is 2. The normalized spacial score (nSPS) is 19.4. The van der Waals surface area contributed by atoms with Crippen molar-refractivity contribution in [3.8, 4) is 0 Å². The summed E-state index contributed by atoms with van der Waals surface area (Å²) in [4.78, 5) is 25.0. The molecule has 2 saturated heterocycles. The van der Waals surface area contributed by atoms with E-state index in [4.69, 9.17) is 9.90 Å². The highest BCUT2D eigenvalue weighted by atomic mass is 19.4. The fraction of sp³-hybridized carbons (Fsp3) is 0.619. The number of aliphatic carboxylic acids is 1. The molecule has 1 aromatic rings. The van der Waals surface area contributed by atoms with Crippen LogP contribution in [-0.2, 0) is 16.1 Å². The monoisotopic (exact) mass is 414 g/mol. The second-order valence-electron chi connectivity index (χ2n) is 8.07. The molecule has 3 rings (SSSR count). The van der Waals surface area contributed by atoms with Gasteiger partial charge in [-0.1, -0.05) is 29.8 Å². The SMILES string of the molecule is CC(=O)N1CCC2(CCN(Cc3ccc(C)cc3)CC2)CC1.O=C(O)C(F)(F)F. The summed E-state index contributed by atoms with van der Waals surface area (Å²) in [5.74, 6) is -2.51. The zero-order valence-electron chi connectivity index (χ0n) is 17.0. The number of carboxylic acids is 1. The molecule has 0 aromatic heterocycles. The molecule has 5 nitrogen and oxygen atoms in total. The molecule has 1 amide bonds. The van der Waals surface area contributed by atoms with E-state index in [1.807, 2.05) is 4.90 Å². The van der Waals surface area contributed by atoms with E-state index in [9.17, 15) is 18.0 Å². The summed E-state index contributed by atoms with van der Waals surface area (Å²) in [6, 6.07) is 8.92. The number of alkyl halides is 3. The third kappa shape index (κ3) is 7.03. The summed E-state index contributed by atoms with van der Waals surface area (Å²) < 4.78 is 31.7. The van der Waals surface area contributed by atoms with E-state index in [0.717, 1.165) is 19.6 Å². The van der Waals surface area contributed by atoms with Crippen LogP contribution in [0.1, 0.15) is 43.7 Å². The van der Waals surface area contributed by atoms with Crippen LogP contribution >= 0.6 is 0 Å². The minimum atomic E-state index is -5.08. The molecule has 29 heavy (non-hydrogen) atoms. The Hall–Kier alpha value is -2.09. The summed E-state index contributed by atoms with van der Waals surface area (Å²) in [5, 5.41) is 7.12. The minimum absolute atomic E-state index is 0.242. The Balaban J connectivity index is 0.000000370. The third-order valence-corrected chi connectivity index (χ3v) is 5.96. The number of aryl methyl sites for hydroxylation is 1. The molecule has 1 N–H and O–H groups in total. The van der Waals surface area contributed by atoms with Crippen molar-refractivity contribution in [2.45, 2.75) is 52.3 Å². The zero-order valence-corrected chi connectivity index (χ0v) is 17.0. The molecular weight excluding hydrogens is 385 g/mol. The van der Waals surface area contributed by atoms with Gasteiger partial charge in [-0.15, -0.1) is 0 Å². The number of benzene rings is 1. The van der Waals surface area contributed by atoms with Crippen molar-refractivity contribution in [1.82, 2.24) is 9.80 Å². The Kier molecular flexibility index (Phi) is 7.68. The van der Waals surface area contributed by atoms with E-state index in [-0.39, 0.29) is 5.91 Å². The Morgan fingerprint density at radius 3 is 1.86 bits per heavy atom. The average molecular weight is 414 g/mol. The highest BCUT2D eigenvalue weighted by Gasteiger charge is 2.38. The maximum atomic E-state index is 11.5. The van der Waals surface area contributed by atoms with Crippen molar-refractivity contribution < 1.29 is 27.9 Å². The summed E-state index contributed by atoms with van der Waals surface area (Å²) in [5.41, 5.74) is 3.27. The van der Waals surface area contributed by atoms with Gasteiger partial charge in [0.15, 0.2) is 0 Å². The van der Waals surface area contributed by atoms with Crippen molar-refractivity contribution in [3.05, 3.63) is 35.4 Å². The lowest BCUT2D eigenvalue weighted by Gasteiger charge is -2.46. The van der Waals surface area contributed by atoms with Crippen molar-refractivity contribution in [3.63, 3.8) is 0 Å². The van der Waals surface area contributed by atoms with Crippen LogP contribution in [-0.4, -0.2) is 59.1 Å². The predicted molar refractivity (Wildman–Crippen MR) is 103 cm³/mol. The third-order valence-electron chi connectivity index (χ3n) is 5.96. The van der Waals surface area contributed by atoms with Crippen molar-refractivity contribution in [2.75, 3.05) is 26.2 Å². The number of carbonyl (C=O) groups is 2. The molecule has 162 valence electrons. The molecule has 0 unspecified atom stereocenters. The largest absolute Gasteiger partial charge is 0.490 e. The second kappa shape index (κ2) is 9.61. The number of amides is 1. The van der Waals surface area contributed by atoms with E-state index in [2.05, 4.69) is 36.1 Å². The van der Waals surface area contributed by atoms with Gasteiger partial charge in [0.05, 0.1) is 0 Å². The van der Waals surface area contributed by atoms with Gasteiger partial charge in [-0.2, -0.15) is 13.2 Å². The molecule has 0 aliphatic carbocycles. The van der Waals surface area contributed by atoms with Gasteiger partial charge in [0.25, 0.3) is 0 Å². The summed E-state index contributed by atoms with van der Waals surface area (Å²) in [6.07, 6.45) is -0.0921. The first-order valence-corrected chi connectivity index (χ1v) is 9.84. The number of rotatable bonds is 2. The van der Waals surface area contributed by atoms with Crippen LogP contribution in [0.3, 0.4) is 0 Å². The fourth-order valence-electron chi connectivity index (χ4n) is 3.93. The molecule has 2 aliphatic heterocycles. The van der Waals surface area contributed by atoms with Gasteiger partial charge >= 0.3 is 12.1 Å². The second-order valence-corrected chi connectivity index (χ2v) is 8.07. The van der Waals surface area contributed by atoms with Crippen molar-refractivity contribution in [2.24, 2.45) is 5.41 Å². The van der Waals surface area contributed by atoms with Crippen LogP contribution in [0, 0.1) is 12.3 Å². The number of likely N-dealkylation sites (tertiary alicyclic amines) is 2. The number of hydrogen-bond acceptors (Lipinski definition) is 3. The van der Waals surface area contributed by atoms with Crippen molar-refractivity contribution in [1.29, 1.82) is 0 Å². The molecule has 2 fully saturated rings. The van der Waals surface area contributed by atoms with E-state index in [1.165, 1.54) is 49.9 Å². The molecule has 0 saturated carbocycles. The molecular formula is C21H29F3N2O3. The van der Waals surface area contributed by atoms with E-state index >= 15 is 0 Å². The standard InChI is InChI=1S/C19H28N2O.C2HF3O2/c1-16-3-5-18(6-4-16)15-20-11-7-19(8-12-20)9-13-21(14-10-19)17(2)22;3-2(4,5)1(6)7/h3-6H,7-15H2,1-2H3;(H,6,7). The fourth-order valence-corrected chi connectivity index (χ4v) is 3.93. The smallest absolute Gasteiger partial charge is 0.475 e. The summed E-state index contributed by atoms with van der Waals surface area (Å²) in [6.45, 7) is 9.25. The summed E-state index contributed by atoms with van der Waals surface area (Å²) >= 11 is 0. The van der Waals surface area contributed by atoms with Crippen LogP contribution in [0.15, 0.2) is 24.3 Å². The van der Waals surface area contributed by atoms with Crippen LogP contribution in [0.5, 0.6) is 0 Å². The van der Waals surface area contributed by atoms with E-state index in [1.54, 1.807) is 6.92 Å². The van der Waals surface area contributed by atoms with Gasteiger partial charge in [-0.3, -0.25) is 9.69 Å². The first-order chi connectivity index (χ1) is 13.5. The zero-order chi connectivity index (χ0) is 21.7. The van der Waals surface area contributed by atoms with Crippen LogP contribution in [0.25, 0.3) is 0 Å². The van der Waals surface area contributed by atoms with Gasteiger partial charge in [0.2, 0.25) is 5.91 Å². The molecule has 2 aliphatic rings. The Morgan fingerprint density at radius 2 is 1.45 bits per heavy atom. The lowest BCUT2D eigenvalue weighted by molar-refractivity contribution is -0.192. The first-order valence-electron chi connectivity index (χ1n) is 9.84. The predicted octanol–water partition coefficient (Wildman–Crippen LogP) is 3.85. The molecule has 0 bridgehead atoms. The molecule has 2 heterocycles. The Morgan fingerprint density at radius 1 is 1.00 bits per heavy atom. The maximum Gasteiger partial charge on any atom is 0.490 e. The highest BCUT2D eigenvalue weighted by molar-refractivity contribution is 5.73.